The van der Waals surface area contributed by atoms with Crippen LogP contribution in [0.15, 0.2) is 219 Å². The van der Waals surface area contributed by atoms with Gasteiger partial charge < -0.3 is 9.97 Å². The van der Waals surface area contributed by atoms with Crippen LogP contribution in [0.5, 0.6) is 0 Å². The normalized spacial score (nSPS) is 11.3. The minimum Gasteiger partial charge on any atom is -0.352 e. The molecule has 14 rings (SSSR count). The first-order chi connectivity index (χ1) is 38.6. The molecule has 18 nitrogen and oxygen atoms in total. The smallest absolute Gasteiger partial charge is 0.352 e. The van der Waals surface area contributed by atoms with Gasteiger partial charge in [-0.25, -0.2) is 19.9 Å². The standard InChI is InChI=1S/C30H18N8.C30H20N6.H2O4S/c1-3-17-31-21(5-1)25-13-15-27(37-35-25)23-11-9-19-7-8-20-10-12-24(34-30(20)29(19)33-23)28-16-14-26(36-38-28)22-6-2-4-18-32-22;1-3-17-31-21(5-1)23-13-15-25(33-23)27-11-9-19-7-8-20-10-12-28(36-30(20)29(19)35-27)26-16-14-24(34-26)22-6-2-4-18-32-22;1-5(2,3)4/h1-18H;1-18,33-34H;(H2,1,2,3,4). The summed E-state index contributed by atoms with van der Waals surface area (Å²) in [6, 6.07) is 63.5. The Balaban J connectivity index is 0.000000146. The molecule has 0 aliphatic heterocycles. The lowest BCUT2D eigenvalue weighted by molar-refractivity contribution is 0.381. The van der Waals surface area contributed by atoms with E-state index < -0.39 is 10.4 Å². The number of aromatic amines is 2. The van der Waals surface area contributed by atoms with E-state index in [9.17, 15) is 0 Å². The van der Waals surface area contributed by atoms with Crippen LogP contribution in [0.4, 0.5) is 0 Å². The molecule has 0 spiro atoms. The Bertz CT molecular complexity index is 4290. The van der Waals surface area contributed by atoms with Gasteiger partial charge in [0.1, 0.15) is 22.8 Å². The van der Waals surface area contributed by atoms with Gasteiger partial charge in [-0.15, -0.1) is 20.4 Å². The molecule has 0 saturated heterocycles. The number of nitrogens with one attached hydrogen (secondary N) is 2. The fourth-order valence-electron chi connectivity index (χ4n) is 8.79. The number of aromatic nitrogens is 14. The summed E-state index contributed by atoms with van der Waals surface area (Å²) < 4.78 is 31.6. The van der Waals surface area contributed by atoms with Crippen LogP contribution >= 0.6 is 0 Å². The molecule has 0 aliphatic rings. The van der Waals surface area contributed by atoms with Crippen LogP contribution in [0.3, 0.4) is 0 Å². The maximum Gasteiger partial charge on any atom is 0.394 e. The van der Waals surface area contributed by atoms with Gasteiger partial charge in [0.2, 0.25) is 0 Å². The summed E-state index contributed by atoms with van der Waals surface area (Å²) >= 11 is 0. The first kappa shape index (κ1) is 49.2. The van der Waals surface area contributed by atoms with Crippen molar-refractivity contribution in [2.24, 2.45) is 0 Å². The van der Waals surface area contributed by atoms with Crippen LogP contribution in [-0.2, 0) is 10.4 Å². The minimum absolute atomic E-state index is 0.677. The van der Waals surface area contributed by atoms with E-state index in [-0.39, 0.29) is 0 Å². The Morgan fingerprint density at radius 2 is 0.506 bits per heavy atom. The van der Waals surface area contributed by atoms with Crippen LogP contribution in [0.1, 0.15) is 0 Å². The van der Waals surface area contributed by atoms with Crippen molar-refractivity contribution in [1.82, 2.24) is 70.2 Å². The molecular weight excluding hydrogens is 1010 g/mol. The van der Waals surface area contributed by atoms with Gasteiger partial charge in [0.05, 0.1) is 90.4 Å². The number of nitrogens with zero attached hydrogens (tertiary/aromatic N) is 12. The number of hydrogen-bond donors (Lipinski definition) is 4. The Kier molecular flexibility index (Phi) is 13.4. The molecule has 12 aromatic heterocycles. The van der Waals surface area contributed by atoms with Gasteiger partial charge in [-0.3, -0.25) is 29.0 Å². The first-order valence-electron chi connectivity index (χ1n) is 24.5. The molecule has 380 valence electrons. The van der Waals surface area contributed by atoms with Crippen LogP contribution in [-0.4, -0.2) is 87.8 Å². The summed E-state index contributed by atoms with van der Waals surface area (Å²) in [5, 5.41) is 21.6. The molecule has 19 heteroatoms. The summed E-state index contributed by atoms with van der Waals surface area (Å²) in [4.78, 5) is 44.4. The second kappa shape index (κ2) is 21.5. The lowest BCUT2D eigenvalue weighted by atomic mass is 10.1. The number of fused-ring (bicyclic) bond motifs is 6. The van der Waals surface area contributed by atoms with Gasteiger partial charge in [-0.2, -0.15) is 8.42 Å². The number of benzene rings is 2. The molecule has 12 heterocycles. The van der Waals surface area contributed by atoms with Crippen molar-refractivity contribution in [3.05, 3.63) is 219 Å². The van der Waals surface area contributed by atoms with E-state index in [2.05, 4.69) is 74.6 Å². The molecule has 0 bridgehead atoms. The summed E-state index contributed by atoms with van der Waals surface area (Å²) in [5.41, 5.74) is 16.4. The molecule has 0 atom stereocenters. The van der Waals surface area contributed by atoms with Crippen LogP contribution in [0.2, 0.25) is 0 Å². The third kappa shape index (κ3) is 11.0. The van der Waals surface area contributed by atoms with E-state index in [1.165, 1.54) is 0 Å². The van der Waals surface area contributed by atoms with Gasteiger partial charge >= 0.3 is 10.4 Å². The highest BCUT2D eigenvalue weighted by Crippen LogP contribution is 2.32. The molecule has 0 aliphatic carbocycles. The zero-order valence-corrected chi connectivity index (χ0v) is 42.1. The fraction of sp³-hybridized carbons (Fsp3) is 0. The van der Waals surface area contributed by atoms with Crippen LogP contribution in [0, 0.1) is 0 Å². The average molecular weight is 1050 g/mol. The summed E-state index contributed by atoms with van der Waals surface area (Å²) in [6.07, 6.45) is 7.07. The average Bonchev–Trinajstić information content (AvgIpc) is 4.32. The van der Waals surface area contributed by atoms with Crippen molar-refractivity contribution >= 4 is 54.0 Å². The predicted octanol–water partition coefficient (Wildman–Crippen LogP) is 12.1. The predicted molar refractivity (Wildman–Crippen MR) is 303 cm³/mol. The number of pyridine rings is 8. The van der Waals surface area contributed by atoms with Crippen molar-refractivity contribution in [2.45, 2.75) is 0 Å². The lowest BCUT2D eigenvalue weighted by Crippen LogP contribution is -1.96. The Hall–Kier alpha value is -10.7. The Labute approximate surface area is 449 Å². The minimum atomic E-state index is -4.67. The second-order valence-corrected chi connectivity index (χ2v) is 18.6. The van der Waals surface area contributed by atoms with Crippen molar-refractivity contribution < 1.29 is 17.5 Å². The van der Waals surface area contributed by atoms with Crippen molar-refractivity contribution in [2.75, 3.05) is 0 Å². The van der Waals surface area contributed by atoms with E-state index in [4.69, 9.17) is 37.5 Å². The molecule has 0 unspecified atom stereocenters. The molecule has 14 aromatic rings. The Morgan fingerprint density at radius 3 is 0.797 bits per heavy atom. The number of rotatable bonds is 8. The quantitative estimate of drug-likeness (QED) is 0.0814. The highest BCUT2D eigenvalue weighted by molar-refractivity contribution is 7.79. The van der Waals surface area contributed by atoms with Gasteiger partial charge in [-0.1, -0.05) is 72.8 Å². The molecule has 79 heavy (non-hydrogen) atoms. The zero-order chi connectivity index (χ0) is 53.7. The highest BCUT2D eigenvalue weighted by atomic mass is 32.3. The van der Waals surface area contributed by atoms with E-state index >= 15 is 0 Å². The molecule has 0 amide bonds. The topological polar surface area (TPSA) is 261 Å². The second-order valence-electron chi connectivity index (χ2n) is 17.7. The van der Waals surface area contributed by atoms with Gasteiger partial charge in [0.25, 0.3) is 0 Å². The highest BCUT2D eigenvalue weighted by Gasteiger charge is 2.15. The SMILES string of the molecule is O=S(=O)(O)O.c1ccc(-c2ccc(-c3ccc4ccc5ccc(-c6ccc(-c7ccccn7)[nH]6)nc5c4n3)[nH]2)nc1.c1ccc(-c2ccc(-c3ccc4ccc5ccc(-c6ccc(-c7ccccn7)nn6)nc5c4n3)nn2)nc1. The summed E-state index contributed by atoms with van der Waals surface area (Å²) in [5.74, 6) is 0. The molecule has 4 N–H and O–H groups in total. The van der Waals surface area contributed by atoms with E-state index in [0.29, 0.717) is 22.8 Å². The Morgan fingerprint density at radius 1 is 0.266 bits per heavy atom. The van der Waals surface area contributed by atoms with Gasteiger partial charge in [-0.05, 0) is 121 Å². The van der Waals surface area contributed by atoms with E-state index in [1.807, 2.05) is 170 Å². The summed E-state index contributed by atoms with van der Waals surface area (Å²) in [7, 11) is -4.67. The van der Waals surface area contributed by atoms with Crippen molar-refractivity contribution in [3.8, 4) is 91.1 Å². The maximum atomic E-state index is 8.74. The monoisotopic (exact) mass is 1050 g/mol. The molecular formula is C60H40N14O4S. The van der Waals surface area contributed by atoms with Crippen LogP contribution in [0.25, 0.3) is 135 Å². The van der Waals surface area contributed by atoms with Crippen LogP contribution < -0.4 is 0 Å². The molecule has 2 aromatic carbocycles. The summed E-state index contributed by atoms with van der Waals surface area (Å²) in [6.45, 7) is 0. The third-order valence-electron chi connectivity index (χ3n) is 12.6. The van der Waals surface area contributed by atoms with E-state index in [1.54, 1.807) is 24.8 Å². The van der Waals surface area contributed by atoms with Gasteiger partial charge in [0, 0.05) is 46.3 Å². The fourth-order valence-corrected chi connectivity index (χ4v) is 8.79. The van der Waals surface area contributed by atoms with E-state index in [0.717, 1.165) is 112 Å². The molecule has 0 saturated carbocycles. The first-order valence-corrected chi connectivity index (χ1v) is 25.9. The van der Waals surface area contributed by atoms with Gasteiger partial charge in [0.15, 0.2) is 0 Å². The number of H-pyrrole nitrogens is 2. The van der Waals surface area contributed by atoms with Crippen molar-refractivity contribution in [3.63, 3.8) is 0 Å². The number of hydrogen-bond acceptors (Lipinski definition) is 14. The third-order valence-corrected chi connectivity index (χ3v) is 12.6. The molecule has 0 radical (unpaired) electrons. The zero-order valence-electron chi connectivity index (χ0n) is 41.3. The molecule has 0 fully saturated rings. The maximum absolute atomic E-state index is 8.74. The van der Waals surface area contributed by atoms with Crippen molar-refractivity contribution in [1.29, 1.82) is 0 Å². The largest absolute Gasteiger partial charge is 0.394 e. The lowest BCUT2D eigenvalue weighted by Gasteiger charge is -2.08.